The monoisotopic (exact) mass is 423 g/mol. The number of hydrogen-bond acceptors (Lipinski definition) is 6. The molecule has 3 rings (SSSR count). The molecule has 0 aliphatic carbocycles. The number of nitrogens with zero attached hydrogens (tertiary/aromatic N) is 3. The third kappa shape index (κ3) is 5.15. The fourth-order valence-electron chi connectivity index (χ4n) is 2.66. The van der Waals surface area contributed by atoms with E-state index in [9.17, 15) is 17.2 Å². The molecule has 7 nitrogen and oxygen atoms in total. The van der Waals surface area contributed by atoms with E-state index in [1.165, 1.54) is 4.31 Å². The highest BCUT2D eigenvalue weighted by atomic mass is 32.2. The van der Waals surface area contributed by atoms with E-state index in [-0.39, 0.29) is 31.2 Å². The third-order valence-corrected chi connectivity index (χ3v) is 5.91. The van der Waals surface area contributed by atoms with Crippen LogP contribution in [0.25, 0.3) is 11.5 Å². The molecule has 0 saturated carbocycles. The number of rotatable bonds is 9. The molecular weight excluding hydrogens is 404 g/mol. The van der Waals surface area contributed by atoms with Gasteiger partial charge in [-0.15, -0.1) is 10.2 Å². The van der Waals surface area contributed by atoms with Crippen LogP contribution in [0, 0.1) is 0 Å². The van der Waals surface area contributed by atoms with Gasteiger partial charge in [-0.1, -0.05) is 30.3 Å². The maximum Gasteiger partial charge on any atom is 0.314 e. The van der Waals surface area contributed by atoms with Gasteiger partial charge in [-0.05, 0) is 36.2 Å². The molecule has 154 valence electrons. The van der Waals surface area contributed by atoms with Crippen molar-refractivity contribution in [2.45, 2.75) is 19.4 Å². The largest absolute Gasteiger partial charge is 0.415 e. The van der Waals surface area contributed by atoms with E-state index < -0.39 is 22.3 Å². The Kier molecular flexibility index (Phi) is 6.55. The van der Waals surface area contributed by atoms with Gasteiger partial charge in [0.1, 0.15) is 0 Å². The van der Waals surface area contributed by atoms with Gasteiger partial charge < -0.3 is 9.52 Å². The number of aliphatic hydroxyl groups is 1. The van der Waals surface area contributed by atoms with Crippen molar-refractivity contribution in [3.05, 3.63) is 66.1 Å². The SMILES string of the molecule is O=S(=O)(CCCO)N(Cc1ccc(-c2nnc(C(F)F)o2)cc1)c1ccccc1. The van der Waals surface area contributed by atoms with E-state index in [4.69, 9.17) is 9.52 Å². The number of aliphatic hydroxyl groups excluding tert-OH is 1. The summed E-state index contributed by atoms with van der Waals surface area (Å²) < 4.78 is 56.9. The molecule has 10 heteroatoms. The van der Waals surface area contributed by atoms with Crippen LogP contribution in [-0.4, -0.2) is 36.1 Å². The van der Waals surface area contributed by atoms with Crippen LogP contribution in [0.4, 0.5) is 14.5 Å². The lowest BCUT2D eigenvalue weighted by atomic mass is 10.1. The maximum atomic E-state index is 12.8. The number of aromatic nitrogens is 2. The zero-order valence-corrected chi connectivity index (χ0v) is 16.1. The minimum absolute atomic E-state index is 0.0395. The number of anilines is 1. The number of alkyl halides is 2. The van der Waals surface area contributed by atoms with Gasteiger partial charge in [-0.3, -0.25) is 4.31 Å². The van der Waals surface area contributed by atoms with Gasteiger partial charge in [0.2, 0.25) is 15.9 Å². The predicted octanol–water partition coefficient (Wildman–Crippen LogP) is 3.39. The molecule has 2 aromatic carbocycles. The molecule has 1 heterocycles. The highest BCUT2D eigenvalue weighted by Gasteiger charge is 2.23. The highest BCUT2D eigenvalue weighted by Crippen LogP contribution is 2.25. The Balaban J connectivity index is 1.84. The number of sulfonamides is 1. The standard InChI is InChI=1S/C19H19F2N3O4S/c20-17(21)19-23-22-18(28-19)15-9-7-14(8-10-15)13-24(16-5-2-1-3-6-16)29(26,27)12-4-11-25/h1-3,5-10,17,25H,4,11-13H2. The second kappa shape index (κ2) is 9.10. The minimum Gasteiger partial charge on any atom is -0.415 e. The zero-order chi connectivity index (χ0) is 20.9. The summed E-state index contributed by atoms with van der Waals surface area (Å²) in [6.45, 7) is -0.147. The Morgan fingerprint density at radius 3 is 2.31 bits per heavy atom. The lowest BCUT2D eigenvalue weighted by Crippen LogP contribution is -2.32. The van der Waals surface area contributed by atoms with E-state index in [2.05, 4.69) is 10.2 Å². The zero-order valence-electron chi connectivity index (χ0n) is 15.3. The molecule has 1 aromatic heterocycles. The van der Waals surface area contributed by atoms with Crippen LogP contribution in [-0.2, 0) is 16.6 Å². The summed E-state index contributed by atoms with van der Waals surface area (Å²) in [5.41, 5.74) is 1.63. The highest BCUT2D eigenvalue weighted by molar-refractivity contribution is 7.92. The average molecular weight is 423 g/mol. The Hall–Kier alpha value is -2.85. The summed E-state index contributed by atoms with van der Waals surface area (Å²) >= 11 is 0. The Labute approximate surface area is 166 Å². The quantitative estimate of drug-likeness (QED) is 0.567. The van der Waals surface area contributed by atoms with E-state index in [0.29, 0.717) is 16.8 Å². The normalized spacial score (nSPS) is 11.7. The van der Waals surface area contributed by atoms with Gasteiger partial charge in [0.15, 0.2) is 0 Å². The third-order valence-electron chi connectivity index (χ3n) is 4.09. The Morgan fingerprint density at radius 2 is 1.72 bits per heavy atom. The average Bonchev–Trinajstić information content (AvgIpc) is 3.22. The van der Waals surface area contributed by atoms with Crippen molar-refractivity contribution in [1.29, 1.82) is 0 Å². The van der Waals surface area contributed by atoms with Gasteiger partial charge in [-0.2, -0.15) is 8.78 Å². The summed E-state index contributed by atoms with van der Waals surface area (Å²) in [6.07, 6.45) is -2.71. The van der Waals surface area contributed by atoms with Gasteiger partial charge in [0, 0.05) is 12.2 Å². The van der Waals surface area contributed by atoms with E-state index >= 15 is 0 Å². The molecule has 0 atom stereocenters. The summed E-state index contributed by atoms with van der Waals surface area (Å²) in [5, 5.41) is 15.9. The van der Waals surface area contributed by atoms with E-state index in [1.807, 2.05) is 0 Å². The first kappa shape index (κ1) is 20.9. The van der Waals surface area contributed by atoms with Crippen molar-refractivity contribution in [2.75, 3.05) is 16.7 Å². The maximum absolute atomic E-state index is 12.8. The Bertz CT molecular complexity index is 1030. The van der Waals surface area contributed by atoms with Crippen LogP contribution in [0.2, 0.25) is 0 Å². The van der Waals surface area contributed by atoms with Crippen molar-refractivity contribution in [3.8, 4) is 11.5 Å². The fourth-order valence-corrected chi connectivity index (χ4v) is 4.16. The first-order chi connectivity index (χ1) is 13.9. The van der Waals surface area contributed by atoms with Gasteiger partial charge >= 0.3 is 6.43 Å². The molecule has 0 amide bonds. The summed E-state index contributed by atoms with van der Waals surface area (Å²) in [5.74, 6) is -0.980. The predicted molar refractivity (Wildman–Crippen MR) is 103 cm³/mol. The van der Waals surface area contributed by atoms with Crippen LogP contribution < -0.4 is 4.31 Å². The fraction of sp³-hybridized carbons (Fsp3) is 0.263. The topological polar surface area (TPSA) is 96.5 Å². The van der Waals surface area contributed by atoms with Crippen LogP contribution >= 0.6 is 0 Å². The second-order valence-electron chi connectivity index (χ2n) is 6.18. The minimum atomic E-state index is -3.66. The van der Waals surface area contributed by atoms with Gasteiger partial charge in [-0.25, -0.2) is 8.42 Å². The van der Waals surface area contributed by atoms with Crippen molar-refractivity contribution >= 4 is 15.7 Å². The van der Waals surface area contributed by atoms with Crippen LogP contribution in [0.15, 0.2) is 59.0 Å². The molecule has 0 aliphatic heterocycles. The first-order valence-corrected chi connectivity index (χ1v) is 10.4. The van der Waals surface area contributed by atoms with Gasteiger partial charge in [0.05, 0.1) is 18.0 Å². The lowest BCUT2D eigenvalue weighted by Gasteiger charge is -2.24. The second-order valence-corrected chi connectivity index (χ2v) is 8.19. The summed E-state index contributed by atoms with van der Waals surface area (Å²) in [4.78, 5) is 0. The van der Waals surface area contributed by atoms with Crippen LogP contribution in [0.5, 0.6) is 0 Å². The Morgan fingerprint density at radius 1 is 1.03 bits per heavy atom. The van der Waals surface area contributed by atoms with Crippen LogP contribution in [0.1, 0.15) is 24.3 Å². The molecule has 0 fully saturated rings. The molecule has 0 aliphatic rings. The molecule has 1 N–H and O–H groups in total. The van der Waals surface area contributed by atoms with E-state index in [1.54, 1.807) is 54.6 Å². The van der Waals surface area contributed by atoms with Gasteiger partial charge in [0.25, 0.3) is 5.89 Å². The first-order valence-electron chi connectivity index (χ1n) is 8.78. The van der Waals surface area contributed by atoms with Crippen LogP contribution in [0.3, 0.4) is 0 Å². The number of halogens is 2. The smallest absolute Gasteiger partial charge is 0.314 e. The van der Waals surface area contributed by atoms with Crippen molar-refractivity contribution in [2.24, 2.45) is 0 Å². The molecule has 0 spiro atoms. The molecule has 0 bridgehead atoms. The molecule has 0 unspecified atom stereocenters. The number of hydrogen-bond donors (Lipinski definition) is 1. The summed E-state index contributed by atoms with van der Waals surface area (Å²) in [6, 6.07) is 15.2. The lowest BCUT2D eigenvalue weighted by molar-refractivity contribution is 0.116. The molecule has 29 heavy (non-hydrogen) atoms. The van der Waals surface area contributed by atoms with Crippen molar-refractivity contribution in [3.63, 3.8) is 0 Å². The van der Waals surface area contributed by atoms with E-state index in [0.717, 1.165) is 0 Å². The van der Waals surface area contributed by atoms with Crippen molar-refractivity contribution < 1.29 is 26.7 Å². The van der Waals surface area contributed by atoms with Crippen molar-refractivity contribution in [1.82, 2.24) is 10.2 Å². The molecular formula is C19H19F2N3O4S. The summed E-state index contributed by atoms with van der Waals surface area (Å²) in [7, 11) is -3.66. The molecule has 0 radical (unpaired) electrons. The number of para-hydroxylation sites is 1. The molecule has 3 aromatic rings. The molecule has 0 saturated heterocycles. The number of benzene rings is 2.